The lowest BCUT2D eigenvalue weighted by molar-refractivity contribution is 0.174. The van der Waals surface area contributed by atoms with Gasteiger partial charge in [0.1, 0.15) is 0 Å². The summed E-state index contributed by atoms with van der Waals surface area (Å²) in [6, 6.07) is 5.26. The number of aromatic nitrogens is 2. The molecule has 0 bridgehead atoms. The molecule has 0 unspecified atom stereocenters. The highest BCUT2D eigenvalue weighted by molar-refractivity contribution is 5.66. The Hall–Kier alpha value is -2.50. The lowest BCUT2D eigenvalue weighted by atomic mass is 10.1. The van der Waals surface area contributed by atoms with E-state index in [2.05, 4.69) is 0 Å². The lowest BCUT2D eigenvalue weighted by Crippen LogP contribution is -2.37. The number of benzene rings is 1. The summed E-state index contributed by atoms with van der Waals surface area (Å²) in [5.41, 5.74) is 0.458. The normalized spacial score (nSPS) is 12.7. The van der Waals surface area contributed by atoms with Gasteiger partial charge in [-0.2, -0.15) is 0 Å². The summed E-state index contributed by atoms with van der Waals surface area (Å²) >= 11 is 0. The molecule has 0 spiro atoms. The fraction of sp³-hybridized carbons (Fsp3) is 0.231. The quantitative estimate of drug-likeness (QED) is 0.748. The van der Waals surface area contributed by atoms with Crippen LogP contribution in [-0.4, -0.2) is 15.9 Å². The van der Waals surface area contributed by atoms with Gasteiger partial charge in [0.15, 0.2) is 11.5 Å². The maximum Gasteiger partial charge on any atom is 0.330 e. The molecule has 0 radical (unpaired) electrons. The van der Waals surface area contributed by atoms with Crippen molar-refractivity contribution < 1.29 is 9.47 Å². The Bertz CT molecular complexity index is 773. The van der Waals surface area contributed by atoms with Crippen LogP contribution in [0, 0.1) is 0 Å². The molecular formula is C13H12N2O4. The minimum atomic E-state index is -0.352. The van der Waals surface area contributed by atoms with Crippen molar-refractivity contribution in [2.75, 3.05) is 6.79 Å². The summed E-state index contributed by atoms with van der Waals surface area (Å²) in [6.45, 7) is 0.185. The minimum absolute atomic E-state index is 0.185. The molecule has 3 rings (SSSR count). The van der Waals surface area contributed by atoms with E-state index in [1.165, 1.54) is 17.8 Å². The first kappa shape index (κ1) is 11.6. The van der Waals surface area contributed by atoms with Gasteiger partial charge in [-0.1, -0.05) is 6.07 Å². The molecule has 0 saturated carbocycles. The van der Waals surface area contributed by atoms with Gasteiger partial charge in [-0.05, 0) is 17.7 Å². The third-order valence-corrected chi connectivity index (χ3v) is 3.13. The molecule has 1 aliphatic heterocycles. The highest BCUT2D eigenvalue weighted by Gasteiger charge is 2.16. The first-order valence-corrected chi connectivity index (χ1v) is 5.74. The van der Waals surface area contributed by atoms with E-state index in [1.807, 2.05) is 0 Å². The third kappa shape index (κ3) is 1.72. The Morgan fingerprint density at radius 2 is 1.84 bits per heavy atom. The van der Waals surface area contributed by atoms with Crippen LogP contribution in [-0.2, 0) is 14.1 Å². The molecule has 1 aromatic heterocycles. The number of fused-ring (bicyclic) bond motifs is 1. The zero-order valence-corrected chi connectivity index (χ0v) is 10.5. The van der Waals surface area contributed by atoms with Crippen LogP contribution in [0.3, 0.4) is 0 Å². The summed E-state index contributed by atoms with van der Waals surface area (Å²) in [6.07, 6.45) is 1.53. The summed E-state index contributed by atoms with van der Waals surface area (Å²) in [4.78, 5) is 23.8. The van der Waals surface area contributed by atoms with Gasteiger partial charge in [-0.25, -0.2) is 4.79 Å². The fourth-order valence-corrected chi connectivity index (χ4v) is 2.07. The molecule has 0 N–H and O–H groups in total. The minimum Gasteiger partial charge on any atom is -0.454 e. The summed E-state index contributed by atoms with van der Waals surface area (Å²) < 4.78 is 13.0. The number of hydrogen-bond donors (Lipinski definition) is 0. The van der Waals surface area contributed by atoms with E-state index in [9.17, 15) is 9.59 Å². The van der Waals surface area contributed by atoms with Crippen LogP contribution < -0.4 is 20.7 Å². The molecule has 0 amide bonds. The zero-order chi connectivity index (χ0) is 13.6. The number of rotatable bonds is 1. The van der Waals surface area contributed by atoms with Gasteiger partial charge in [-0.15, -0.1) is 0 Å². The molecule has 6 nitrogen and oxygen atoms in total. The first-order chi connectivity index (χ1) is 9.08. The van der Waals surface area contributed by atoms with E-state index in [0.717, 1.165) is 4.57 Å². The number of nitrogens with zero attached hydrogens (tertiary/aromatic N) is 2. The highest BCUT2D eigenvalue weighted by atomic mass is 16.7. The fourth-order valence-electron chi connectivity index (χ4n) is 2.07. The van der Waals surface area contributed by atoms with E-state index in [1.54, 1.807) is 25.2 Å². The van der Waals surface area contributed by atoms with Crippen molar-refractivity contribution in [3.8, 4) is 22.6 Å². The number of ether oxygens (including phenoxy) is 2. The van der Waals surface area contributed by atoms with Crippen molar-refractivity contribution in [2.24, 2.45) is 14.1 Å². The Morgan fingerprint density at radius 3 is 2.63 bits per heavy atom. The second kappa shape index (κ2) is 4.01. The van der Waals surface area contributed by atoms with E-state index in [4.69, 9.17) is 9.47 Å². The maximum absolute atomic E-state index is 12.1. The molecule has 0 atom stereocenters. The van der Waals surface area contributed by atoms with Gasteiger partial charge in [0.2, 0.25) is 6.79 Å². The molecule has 98 valence electrons. The van der Waals surface area contributed by atoms with Crippen LogP contribution in [0.1, 0.15) is 0 Å². The van der Waals surface area contributed by atoms with Crippen LogP contribution in [0.15, 0.2) is 34.0 Å². The molecular weight excluding hydrogens is 248 g/mol. The SMILES string of the molecule is Cn1cc(-c2ccc3c(c2)OCO3)c(=O)n(C)c1=O. The van der Waals surface area contributed by atoms with Crippen molar-refractivity contribution in [3.05, 3.63) is 45.2 Å². The predicted octanol–water partition coefficient (Wildman–Crippen LogP) is 0.480. The van der Waals surface area contributed by atoms with Crippen molar-refractivity contribution in [3.63, 3.8) is 0 Å². The van der Waals surface area contributed by atoms with Crippen LogP contribution >= 0.6 is 0 Å². The molecule has 0 aliphatic carbocycles. The number of aryl methyl sites for hydroxylation is 1. The third-order valence-electron chi connectivity index (χ3n) is 3.13. The Labute approximate surface area is 108 Å². The lowest BCUT2D eigenvalue weighted by Gasteiger charge is -2.07. The molecule has 2 heterocycles. The highest BCUT2D eigenvalue weighted by Crippen LogP contribution is 2.34. The standard InChI is InChI=1S/C13H12N2O4/c1-14-6-9(12(16)15(2)13(14)17)8-3-4-10-11(5-8)19-7-18-10/h3-6H,7H2,1-2H3. The average molecular weight is 260 g/mol. The van der Waals surface area contributed by atoms with E-state index >= 15 is 0 Å². The van der Waals surface area contributed by atoms with Gasteiger partial charge in [-0.3, -0.25) is 9.36 Å². The van der Waals surface area contributed by atoms with Crippen molar-refractivity contribution in [1.29, 1.82) is 0 Å². The monoisotopic (exact) mass is 260 g/mol. The summed E-state index contributed by atoms with van der Waals surface area (Å²) in [7, 11) is 3.07. The summed E-state index contributed by atoms with van der Waals surface area (Å²) in [5.74, 6) is 1.26. The Balaban J connectivity index is 2.23. The molecule has 19 heavy (non-hydrogen) atoms. The topological polar surface area (TPSA) is 62.5 Å². The van der Waals surface area contributed by atoms with Gasteiger partial charge >= 0.3 is 5.69 Å². The molecule has 6 heteroatoms. The van der Waals surface area contributed by atoms with E-state index < -0.39 is 0 Å². The average Bonchev–Trinajstić information content (AvgIpc) is 2.87. The Kier molecular flexibility index (Phi) is 2.45. The smallest absolute Gasteiger partial charge is 0.330 e. The van der Waals surface area contributed by atoms with Crippen LogP contribution in [0.5, 0.6) is 11.5 Å². The molecule has 2 aromatic rings. The van der Waals surface area contributed by atoms with E-state index in [0.29, 0.717) is 22.6 Å². The largest absolute Gasteiger partial charge is 0.454 e. The predicted molar refractivity (Wildman–Crippen MR) is 68.5 cm³/mol. The van der Waals surface area contributed by atoms with Crippen LogP contribution in [0.25, 0.3) is 11.1 Å². The molecule has 1 aromatic carbocycles. The Morgan fingerprint density at radius 1 is 1.11 bits per heavy atom. The first-order valence-electron chi connectivity index (χ1n) is 5.74. The molecule has 0 saturated heterocycles. The van der Waals surface area contributed by atoms with Crippen molar-refractivity contribution >= 4 is 0 Å². The molecule has 1 aliphatic rings. The van der Waals surface area contributed by atoms with Crippen LogP contribution in [0.4, 0.5) is 0 Å². The second-order valence-electron chi connectivity index (χ2n) is 4.37. The van der Waals surface area contributed by atoms with Crippen molar-refractivity contribution in [1.82, 2.24) is 9.13 Å². The van der Waals surface area contributed by atoms with Crippen LogP contribution in [0.2, 0.25) is 0 Å². The molecule has 0 fully saturated rings. The van der Waals surface area contributed by atoms with E-state index in [-0.39, 0.29) is 18.0 Å². The van der Waals surface area contributed by atoms with Gasteiger partial charge < -0.3 is 14.0 Å². The van der Waals surface area contributed by atoms with Crippen molar-refractivity contribution in [2.45, 2.75) is 0 Å². The number of hydrogen-bond acceptors (Lipinski definition) is 4. The maximum atomic E-state index is 12.1. The second-order valence-corrected chi connectivity index (χ2v) is 4.37. The zero-order valence-electron chi connectivity index (χ0n) is 10.5. The van der Waals surface area contributed by atoms with Gasteiger partial charge in [0, 0.05) is 20.3 Å². The van der Waals surface area contributed by atoms with Gasteiger partial charge in [0.05, 0.1) is 5.56 Å². The summed E-state index contributed by atoms with van der Waals surface area (Å²) in [5, 5.41) is 0. The van der Waals surface area contributed by atoms with Gasteiger partial charge in [0.25, 0.3) is 5.56 Å².